The van der Waals surface area contributed by atoms with E-state index in [4.69, 9.17) is 4.74 Å². The minimum Gasteiger partial charge on any atom is -0.444 e. The molecule has 1 aromatic heterocycles. The molecule has 2 aliphatic heterocycles. The molecule has 2 aliphatic rings. The second kappa shape index (κ2) is 7.21. The normalized spacial score (nSPS) is 22.8. The van der Waals surface area contributed by atoms with Crippen LogP contribution in [0, 0.1) is 0 Å². The number of sulfonamides is 1. The van der Waals surface area contributed by atoms with Crippen LogP contribution in [0.25, 0.3) is 10.8 Å². The number of fused-ring (bicyclic) bond motifs is 2. The fourth-order valence-electron chi connectivity index (χ4n) is 4.29. The average Bonchev–Trinajstić information content (AvgIpc) is 3.21. The first kappa shape index (κ1) is 20.6. The number of benzene rings is 1. The van der Waals surface area contributed by atoms with Crippen molar-refractivity contribution < 1.29 is 17.9 Å². The number of amides is 1. The Labute approximate surface area is 179 Å². The summed E-state index contributed by atoms with van der Waals surface area (Å²) >= 11 is 3.45. The molecule has 0 radical (unpaired) electrons. The molecule has 9 heteroatoms. The summed E-state index contributed by atoms with van der Waals surface area (Å²) in [6, 6.07) is 4.83. The molecule has 2 aromatic rings. The maximum absolute atomic E-state index is 13.6. The SMILES string of the molecule is CC(C)(C)OC(=O)N1CCC2C1CCN2S(=O)(=O)c1cccc2cncc(Br)c12. The van der Waals surface area contributed by atoms with Crippen molar-refractivity contribution in [3.05, 3.63) is 35.1 Å². The Morgan fingerprint density at radius 2 is 1.90 bits per heavy atom. The van der Waals surface area contributed by atoms with E-state index in [9.17, 15) is 13.2 Å². The minimum absolute atomic E-state index is 0.153. The second-order valence-corrected chi connectivity index (χ2v) is 11.2. The third-order valence-corrected chi connectivity index (χ3v) is 8.01. The van der Waals surface area contributed by atoms with Gasteiger partial charge in [0.1, 0.15) is 5.60 Å². The number of hydrogen-bond donors (Lipinski definition) is 0. The second-order valence-electron chi connectivity index (χ2n) is 8.48. The lowest BCUT2D eigenvalue weighted by molar-refractivity contribution is 0.0225. The Morgan fingerprint density at radius 3 is 2.62 bits per heavy atom. The van der Waals surface area contributed by atoms with Gasteiger partial charge >= 0.3 is 6.09 Å². The molecular weight excluding hydrogens is 458 g/mol. The number of ether oxygens (including phenoxy) is 1. The van der Waals surface area contributed by atoms with Crippen LogP contribution in [-0.4, -0.2) is 59.5 Å². The van der Waals surface area contributed by atoms with Gasteiger partial charge in [-0.3, -0.25) is 4.98 Å². The van der Waals surface area contributed by atoms with E-state index in [1.165, 1.54) is 0 Å². The first-order valence-corrected chi connectivity index (χ1v) is 11.9. The van der Waals surface area contributed by atoms with Crippen LogP contribution in [0.3, 0.4) is 0 Å². The van der Waals surface area contributed by atoms with E-state index < -0.39 is 15.6 Å². The lowest BCUT2D eigenvalue weighted by Gasteiger charge is -2.28. The van der Waals surface area contributed by atoms with Crippen LogP contribution in [0.1, 0.15) is 33.6 Å². The molecule has 7 nitrogen and oxygen atoms in total. The van der Waals surface area contributed by atoms with Crippen LogP contribution in [-0.2, 0) is 14.8 Å². The summed E-state index contributed by atoms with van der Waals surface area (Å²) in [6.45, 7) is 6.38. The number of halogens is 1. The fraction of sp³-hybridized carbons (Fsp3) is 0.500. The number of aromatic nitrogens is 1. The zero-order chi connectivity index (χ0) is 21.0. The molecule has 2 atom stereocenters. The largest absolute Gasteiger partial charge is 0.444 e. The molecule has 0 saturated carbocycles. The highest BCUT2D eigenvalue weighted by Gasteiger charge is 2.50. The van der Waals surface area contributed by atoms with Gasteiger partial charge in [-0.15, -0.1) is 0 Å². The Kier molecular flexibility index (Phi) is 5.11. The topological polar surface area (TPSA) is 79.8 Å². The van der Waals surface area contributed by atoms with Gasteiger partial charge in [-0.25, -0.2) is 13.2 Å². The Morgan fingerprint density at radius 1 is 1.17 bits per heavy atom. The Bertz CT molecular complexity index is 1060. The smallest absolute Gasteiger partial charge is 0.410 e. The van der Waals surface area contributed by atoms with E-state index in [-0.39, 0.29) is 23.1 Å². The van der Waals surface area contributed by atoms with Gasteiger partial charge in [0, 0.05) is 46.8 Å². The van der Waals surface area contributed by atoms with Gasteiger partial charge in [-0.1, -0.05) is 12.1 Å². The highest BCUT2D eigenvalue weighted by Crippen LogP contribution is 2.38. The van der Waals surface area contributed by atoms with Gasteiger partial charge in [0.05, 0.1) is 10.9 Å². The highest BCUT2D eigenvalue weighted by molar-refractivity contribution is 9.10. The van der Waals surface area contributed by atoms with Gasteiger partial charge in [0.25, 0.3) is 0 Å². The molecule has 3 heterocycles. The van der Waals surface area contributed by atoms with E-state index in [1.54, 1.807) is 33.7 Å². The lowest BCUT2D eigenvalue weighted by Crippen LogP contribution is -2.43. The predicted molar refractivity (Wildman–Crippen MR) is 113 cm³/mol. The van der Waals surface area contributed by atoms with Crippen LogP contribution in [0.5, 0.6) is 0 Å². The molecule has 4 rings (SSSR count). The zero-order valence-corrected chi connectivity index (χ0v) is 19.0. The zero-order valence-electron chi connectivity index (χ0n) is 16.6. The maximum Gasteiger partial charge on any atom is 0.410 e. The van der Waals surface area contributed by atoms with Crippen molar-refractivity contribution in [3.8, 4) is 0 Å². The molecule has 2 unspecified atom stereocenters. The summed E-state index contributed by atoms with van der Waals surface area (Å²) in [5.41, 5.74) is -0.581. The van der Waals surface area contributed by atoms with Crippen molar-refractivity contribution >= 4 is 42.8 Å². The molecule has 0 bridgehead atoms. The quantitative estimate of drug-likeness (QED) is 0.651. The first-order valence-electron chi connectivity index (χ1n) is 9.63. The summed E-state index contributed by atoms with van der Waals surface area (Å²) in [7, 11) is -3.73. The number of nitrogens with zero attached hydrogens (tertiary/aromatic N) is 3. The summed E-state index contributed by atoms with van der Waals surface area (Å²) in [6.07, 6.45) is 4.11. The summed E-state index contributed by atoms with van der Waals surface area (Å²) in [5, 5.41) is 1.39. The number of likely N-dealkylation sites (tertiary alicyclic amines) is 1. The van der Waals surface area contributed by atoms with Gasteiger partial charge in [-0.2, -0.15) is 4.31 Å². The molecule has 1 amide bonds. The van der Waals surface area contributed by atoms with Crippen molar-refractivity contribution in [3.63, 3.8) is 0 Å². The molecule has 156 valence electrons. The Hall–Kier alpha value is -1.71. The molecule has 1 aromatic carbocycles. The summed E-state index contributed by atoms with van der Waals surface area (Å²) in [4.78, 5) is 18.7. The van der Waals surface area contributed by atoms with Crippen molar-refractivity contribution in [1.82, 2.24) is 14.2 Å². The van der Waals surface area contributed by atoms with Crippen LogP contribution >= 0.6 is 15.9 Å². The third-order valence-electron chi connectivity index (χ3n) is 5.44. The van der Waals surface area contributed by atoms with Gasteiger partial charge in [0.15, 0.2) is 0 Å². The number of carbonyl (C=O) groups excluding carboxylic acids is 1. The molecule has 0 spiro atoms. The molecule has 2 saturated heterocycles. The van der Waals surface area contributed by atoms with Crippen LogP contribution < -0.4 is 0 Å². The molecular formula is C20H24BrN3O4S. The van der Waals surface area contributed by atoms with Crippen molar-refractivity contribution in [2.45, 2.75) is 56.2 Å². The molecule has 0 N–H and O–H groups in total. The monoisotopic (exact) mass is 481 g/mol. The highest BCUT2D eigenvalue weighted by atomic mass is 79.9. The number of hydrogen-bond acceptors (Lipinski definition) is 5. The van der Waals surface area contributed by atoms with Gasteiger partial charge in [0.2, 0.25) is 10.0 Å². The fourth-order valence-corrected chi connectivity index (χ4v) is 6.92. The average molecular weight is 482 g/mol. The minimum atomic E-state index is -3.73. The van der Waals surface area contributed by atoms with Crippen molar-refractivity contribution in [1.29, 1.82) is 0 Å². The lowest BCUT2D eigenvalue weighted by atomic mass is 10.1. The van der Waals surface area contributed by atoms with Crippen molar-refractivity contribution in [2.75, 3.05) is 13.1 Å². The van der Waals surface area contributed by atoms with Gasteiger partial charge < -0.3 is 9.64 Å². The van der Waals surface area contributed by atoms with E-state index in [2.05, 4.69) is 20.9 Å². The van der Waals surface area contributed by atoms with E-state index in [0.717, 1.165) is 5.39 Å². The van der Waals surface area contributed by atoms with Crippen LogP contribution in [0.15, 0.2) is 40.0 Å². The van der Waals surface area contributed by atoms with Gasteiger partial charge in [-0.05, 0) is 55.6 Å². The van der Waals surface area contributed by atoms with Crippen molar-refractivity contribution in [2.24, 2.45) is 0 Å². The van der Waals surface area contributed by atoms with E-state index >= 15 is 0 Å². The first-order chi connectivity index (χ1) is 13.6. The Balaban J connectivity index is 1.65. The maximum atomic E-state index is 13.6. The van der Waals surface area contributed by atoms with Crippen LogP contribution in [0.2, 0.25) is 0 Å². The molecule has 2 fully saturated rings. The number of rotatable bonds is 2. The molecule has 0 aliphatic carbocycles. The summed E-state index contributed by atoms with van der Waals surface area (Å²) in [5.74, 6) is 0. The van der Waals surface area contributed by atoms with E-state index in [0.29, 0.717) is 35.8 Å². The number of pyridine rings is 1. The predicted octanol–water partition coefficient (Wildman–Crippen LogP) is 3.77. The van der Waals surface area contributed by atoms with Crippen LogP contribution in [0.4, 0.5) is 4.79 Å². The van der Waals surface area contributed by atoms with E-state index in [1.807, 2.05) is 26.8 Å². The standard InChI is InChI=1S/C20H24BrN3O4S/c1-20(2,3)28-19(25)23-9-7-16-15(23)8-10-24(16)29(26,27)17-6-4-5-13-11-22-12-14(21)18(13)17/h4-6,11-12,15-16H,7-10H2,1-3H3. The molecule has 29 heavy (non-hydrogen) atoms. The third kappa shape index (κ3) is 3.64. The summed E-state index contributed by atoms with van der Waals surface area (Å²) < 4.78 is 34.9. The number of carbonyl (C=O) groups is 1.